The second kappa shape index (κ2) is 11.0. The predicted molar refractivity (Wildman–Crippen MR) is 125 cm³/mol. The average Bonchev–Trinajstić information content (AvgIpc) is 3.11. The second-order valence-electron chi connectivity index (χ2n) is 8.12. The Balaban J connectivity index is 0.00000160. The first kappa shape index (κ1) is 24.4. The minimum absolute atomic E-state index is 0. The number of hydrogen-bond donors (Lipinski definition) is 2. The lowest BCUT2D eigenvalue weighted by atomic mass is 9.99. The van der Waals surface area contributed by atoms with Crippen LogP contribution in [-0.4, -0.2) is 47.1 Å². The summed E-state index contributed by atoms with van der Waals surface area (Å²) in [5.74, 6) is 0.603. The van der Waals surface area contributed by atoms with Crippen LogP contribution in [0.15, 0.2) is 24.3 Å². The molecule has 0 saturated carbocycles. The van der Waals surface area contributed by atoms with Crippen molar-refractivity contribution < 1.29 is 4.79 Å². The molecule has 0 spiro atoms. The Kier molecular flexibility index (Phi) is 8.94. The van der Waals surface area contributed by atoms with Gasteiger partial charge in [0.25, 0.3) is 5.91 Å². The van der Waals surface area contributed by atoms with Gasteiger partial charge in [0.05, 0.1) is 11.7 Å². The number of hydrogen-bond acceptors (Lipinski definition) is 5. The van der Waals surface area contributed by atoms with Crippen molar-refractivity contribution >= 4 is 42.1 Å². The Hall–Kier alpha value is -1.83. The third kappa shape index (κ3) is 5.45. The van der Waals surface area contributed by atoms with E-state index in [0.29, 0.717) is 11.7 Å². The summed E-state index contributed by atoms with van der Waals surface area (Å²) in [4.78, 5) is 15.2. The first-order valence-electron chi connectivity index (χ1n) is 10.4. The summed E-state index contributed by atoms with van der Waals surface area (Å²) >= 11 is 0. The van der Waals surface area contributed by atoms with Crippen molar-refractivity contribution in [3.05, 3.63) is 35.7 Å². The molecular weight excluding hydrogens is 423 g/mol. The summed E-state index contributed by atoms with van der Waals surface area (Å²) in [6.45, 7) is 8.35. The fourth-order valence-corrected chi connectivity index (χ4v) is 4.19. The van der Waals surface area contributed by atoms with Crippen LogP contribution >= 0.6 is 24.8 Å². The van der Waals surface area contributed by atoms with E-state index < -0.39 is 0 Å². The number of piperidine rings is 2. The van der Waals surface area contributed by atoms with Crippen molar-refractivity contribution in [3.8, 4) is 0 Å². The highest BCUT2D eigenvalue weighted by atomic mass is 35.5. The number of aromatic nitrogens is 3. The van der Waals surface area contributed by atoms with Gasteiger partial charge in [-0.3, -0.25) is 4.79 Å². The van der Waals surface area contributed by atoms with E-state index in [1.54, 1.807) is 0 Å². The average molecular weight is 455 g/mol. The van der Waals surface area contributed by atoms with E-state index in [1.807, 2.05) is 23.7 Å². The van der Waals surface area contributed by atoms with Crippen LogP contribution in [0.25, 0.3) is 0 Å². The normalized spacial score (nSPS) is 17.7. The minimum Gasteiger partial charge on any atom is -0.371 e. The van der Waals surface area contributed by atoms with E-state index in [2.05, 4.69) is 44.9 Å². The van der Waals surface area contributed by atoms with Gasteiger partial charge in [0.2, 0.25) is 0 Å². The fourth-order valence-electron chi connectivity index (χ4n) is 4.19. The molecule has 30 heavy (non-hydrogen) atoms. The van der Waals surface area contributed by atoms with Crippen LogP contribution < -0.4 is 15.5 Å². The van der Waals surface area contributed by atoms with E-state index in [9.17, 15) is 4.79 Å². The molecule has 0 atom stereocenters. The summed E-state index contributed by atoms with van der Waals surface area (Å²) in [6.07, 6.45) is 4.47. The highest BCUT2D eigenvalue weighted by Crippen LogP contribution is 2.26. The first-order valence-corrected chi connectivity index (χ1v) is 10.4. The van der Waals surface area contributed by atoms with Crippen LogP contribution in [0.2, 0.25) is 0 Å². The molecule has 0 radical (unpaired) electrons. The van der Waals surface area contributed by atoms with Gasteiger partial charge in [-0.2, -0.15) is 0 Å². The third-order valence-corrected chi connectivity index (χ3v) is 6.05. The first-order chi connectivity index (χ1) is 13.6. The number of benzene rings is 1. The van der Waals surface area contributed by atoms with Gasteiger partial charge < -0.3 is 15.5 Å². The Morgan fingerprint density at radius 2 is 1.83 bits per heavy atom. The lowest BCUT2D eigenvalue weighted by Gasteiger charge is -2.32. The molecule has 0 unspecified atom stereocenters. The zero-order chi connectivity index (χ0) is 19.5. The van der Waals surface area contributed by atoms with E-state index in [-0.39, 0.29) is 30.7 Å². The van der Waals surface area contributed by atoms with Crippen molar-refractivity contribution in [1.82, 2.24) is 20.3 Å². The maximum Gasteiger partial charge on any atom is 0.278 e. The largest absolute Gasteiger partial charge is 0.371 e. The molecule has 3 heterocycles. The number of nitrogens with zero attached hydrogens (tertiary/aromatic N) is 4. The Labute approximate surface area is 190 Å². The third-order valence-electron chi connectivity index (χ3n) is 6.05. The molecule has 0 aliphatic carbocycles. The van der Waals surface area contributed by atoms with E-state index in [0.717, 1.165) is 56.3 Å². The quantitative estimate of drug-likeness (QED) is 0.733. The van der Waals surface area contributed by atoms with E-state index in [4.69, 9.17) is 0 Å². The Morgan fingerprint density at radius 3 is 2.53 bits per heavy atom. The topological polar surface area (TPSA) is 75.1 Å². The van der Waals surface area contributed by atoms with Crippen LogP contribution in [0.5, 0.6) is 0 Å². The number of rotatable bonds is 4. The lowest BCUT2D eigenvalue weighted by molar-refractivity contribution is 0.102. The number of halogens is 2. The number of carbonyl (C=O) groups excluding carboxylic acids is 1. The highest BCUT2D eigenvalue weighted by molar-refractivity contribution is 6.03. The van der Waals surface area contributed by atoms with Gasteiger partial charge >= 0.3 is 0 Å². The fraction of sp³-hybridized carbons (Fsp3) is 0.571. The van der Waals surface area contributed by atoms with E-state index >= 15 is 0 Å². The van der Waals surface area contributed by atoms with E-state index in [1.165, 1.54) is 18.5 Å². The standard InChI is InChI=1S/C21H30N6O.2ClH/c1-15-8-12-26(13-9-15)19-5-3-4-17(14-19)23-21(28)20-16(2)27(25-24-20)18-6-10-22-11-7-18;;/h3-5,14-15,18,22H,6-13H2,1-2H3,(H,23,28);2*1H. The van der Waals surface area contributed by atoms with Crippen LogP contribution in [0.3, 0.4) is 0 Å². The predicted octanol–water partition coefficient (Wildman–Crippen LogP) is 3.84. The number of nitrogens with one attached hydrogen (secondary N) is 2. The van der Waals surface area contributed by atoms with Crippen molar-refractivity contribution in [2.45, 2.75) is 45.6 Å². The maximum atomic E-state index is 12.8. The molecule has 2 saturated heterocycles. The van der Waals surface area contributed by atoms with Gasteiger partial charge in [0.1, 0.15) is 0 Å². The molecule has 0 bridgehead atoms. The molecule has 166 valence electrons. The summed E-state index contributed by atoms with van der Waals surface area (Å²) in [5, 5.41) is 14.8. The van der Waals surface area contributed by atoms with Crippen LogP contribution in [-0.2, 0) is 0 Å². The van der Waals surface area contributed by atoms with Gasteiger partial charge in [-0.05, 0) is 69.8 Å². The molecule has 1 aromatic carbocycles. The molecule has 2 aliphatic rings. The summed E-state index contributed by atoms with van der Waals surface area (Å²) < 4.78 is 1.92. The molecule has 1 amide bonds. The van der Waals surface area contributed by atoms with Crippen LogP contribution in [0.4, 0.5) is 11.4 Å². The van der Waals surface area contributed by atoms with Gasteiger partial charge in [0.15, 0.2) is 5.69 Å². The van der Waals surface area contributed by atoms with Crippen LogP contribution in [0, 0.1) is 12.8 Å². The Bertz CT molecular complexity index is 829. The lowest BCUT2D eigenvalue weighted by Crippen LogP contribution is -2.32. The summed E-state index contributed by atoms with van der Waals surface area (Å²) in [7, 11) is 0. The molecular formula is C21H32Cl2N6O. The zero-order valence-corrected chi connectivity index (χ0v) is 19.3. The van der Waals surface area contributed by atoms with Crippen molar-refractivity contribution in [2.24, 2.45) is 5.92 Å². The molecule has 9 heteroatoms. The number of anilines is 2. The zero-order valence-electron chi connectivity index (χ0n) is 17.6. The highest BCUT2D eigenvalue weighted by Gasteiger charge is 2.23. The molecule has 2 fully saturated rings. The number of amides is 1. The van der Waals surface area contributed by atoms with Gasteiger partial charge in [-0.25, -0.2) is 4.68 Å². The molecule has 2 aromatic rings. The van der Waals surface area contributed by atoms with Gasteiger partial charge in [-0.15, -0.1) is 29.9 Å². The van der Waals surface area contributed by atoms with Crippen molar-refractivity contribution in [1.29, 1.82) is 0 Å². The summed E-state index contributed by atoms with van der Waals surface area (Å²) in [6, 6.07) is 8.42. The molecule has 7 nitrogen and oxygen atoms in total. The molecule has 2 aliphatic heterocycles. The Morgan fingerprint density at radius 1 is 1.13 bits per heavy atom. The monoisotopic (exact) mass is 454 g/mol. The second-order valence-corrected chi connectivity index (χ2v) is 8.12. The van der Waals surface area contributed by atoms with Gasteiger partial charge in [-0.1, -0.05) is 18.2 Å². The molecule has 2 N–H and O–H groups in total. The van der Waals surface area contributed by atoms with Gasteiger partial charge in [0, 0.05) is 24.5 Å². The van der Waals surface area contributed by atoms with Crippen molar-refractivity contribution in [3.63, 3.8) is 0 Å². The summed E-state index contributed by atoms with van der Waals surface area (Å²) in [5.41, 5.74) is 3.22. The number of carbonyl (C=O) groups is 1. The maximum absolute atomic E-state index is 12.8. The molecule has 4 rings (SSSR count). The molecule has 1 aromatic heterocycles. The van der Waals surface area contributed by atoms with Crippen molar-refractivity contribution in [2.75, 3.05) is 36.4 Å². The van der Waals surface area contributed by atoms with Crippen LogP contribution in [0.1, 0.15) is 54.8 Å². The smallest absolute Gasteiger partial charge is 0.278 e. The minimum atomic E-state index is -0.192. The SMILES string of the molecule is Cc1c(C(=O)Nc2cccc(N3CCC(C)CC3)c2)nnn1C1CCNCC1.Cl.Cl.